The zero-order valence-corrected chi connectivity index (χ0v) is 11.9. The Morgan fingerprint density at radius 3 is 2.25 bits per heavy atom. The van der Waals surface area contributed by atoms with E-state index in [1.54, 1.807) is 0 Å². The molecule has 3 rings (SSSR count). The van der Waals surface area contributed by atoms with Gasteiger partial charge in [-0.3, -0.25) is 0 Å². The van der Waals surface area contributed by atoms with E-state index in [4.69, 9.17) is 0 Å². The van der Waals surface area contributed by atoms with Crippen LogP contribution in [0.5, 0.6) is 0 Å². The molecule has 3 aromatic rings. The molecular weight excluding hydrogens is 242 g/mol. The van der Waals surface area contributed by atoms with Gasteiger partial charge in [0.15, 0.2) is 6.20 Å². The summed E-state index contributed by atoms with van der Waals surface area (Å²) in [5, 5.41) is 0. The fourth-order valence-electron chi connectivity index (χ4n) is 2.65. The Morgan fingerprint density at radius 1 is 0.750 bits per heavy atom. The van der Waals surface area contributed by atoms with Gasteiger partial charge in [-0.05, 0) is 29.7 Å². The van der Waals surface area contributed by atoms with Crippen LogP contribution in [0.25, 0.3) is 22.4 Å². The number of hydrogen-bond donors (Lipinski definition) is 0. The van der Waals surface area contributed by atoms with Crippen LogP contribution in [0, 0.1) is 6.92 Å². The normalized spacial score (nSPS) is 10.5. The number of aromatic nitrogens is 1. The summed E-state index contributed by atoms with van der Waals surface area (Å²) in [6.07, 6.45) is 2.09. The molecule has 0 aliphatic heterocycles. The van der Waals surface area contributed by atoms with E-state index < -0.39 is 0 Å². The monoisotopic (exact) mass is 260 g/mol. The predicted octanol–water partition coefficient (Wildman–Crippen LogP) is 4.15. The standard InChI is InChI=1S/C19H18N/c1-15-9-8-12-17(16-10-4-3-5-11-16)19(15)18-13-6-7-14-20(18)2/h3-14H,1-2H3/q+1. The highest BCUT2D eigenvalue weighted by Crippen LogP contribution is 2.32. The number of aryl methyl sites for hydroxylation is 2. The smallest absolute Gasteiger partial charge is 0.201 e. The first kappa shape index (κ1) is 12.6. The molecule has 0 bridgehead atoms. The van der Waals surface area contributed by atoms with Gasteiger partial charge in [0.05, 0.1) is 5.56 Å². The van der Waals surface area contributed by atoms with Crippen molar-refractivity contribution in [3.05, 3.63) is 78.5 Å². The summed E-state index contributed by atoms with van der Waals surface area (Å²) in [4.78, 5) is 0. The molecule has 0 aliphatic rings. The number of benzene rings is 2. The number of nitrogens with zero attached hydrogens (tertiary/aromatic N) is 1. The minimum Gasteiger partial charge on any atom is -0.201 e. The topological polar surface area (TPSA) is 3.88 Å². The molecule has 1 aromatic heterocycles. The van der Waals surface area contributed by atoms with Gasteiger partial charge >= 0.3 is 0 Å². The van der Waals surface area contributed by atoms with Gasteiger partial charge in [-0.2, -0.15) is 0 Å². The van der Waals surface area contributed by atoms with Crippen LogP contribution in [0.4, 0.5) is 0 Å². The minimum atomic E-state index is 1.24. The lowest BCUT2D eigenvalue weighted by molar-refractivity contribution is -0.660. The number of pyridine rings is 1. The Balaban J connectivity index is 2.29. The Morgan fingerprint density at radius 2 is 1.50 bits per heavy atom. The largest absolute Gasteiger partial charge is 0.213 e. The van der Waals surface area contributed by atoms with Gasteiger partial charge in [0.25, 0.3) is 0 Å². The van der Waals surface area contributed by atoms with Crippen LogP contribution in [-0.2, 0) is 7.05 Å². The average molecular weight is 260 g/mol. The van der Waals surface area contributed by atoms with Crippen molar-refractivity contribution in [3.8, 4) is 22.4 Å². The van der Waals surface area contributed by atoms with Crippen LogP contribution < -0.4 is 4.57 Å². The molecule has 0 saturated heterocycles. The Kier molecular flexibility index (Phi) is 3.34. The van der Waals surface area contributed by atoms with E-state index in [0.29, 0.717) is 0 Å². The molecule has 0 spiro atoms. The summed E-state index contributed by atoms with van der Waals surface area (Å²) in [5.41, 5.74) is 6.39. The quantitative estimate of drug-likeness (QED) is 0.609. The van der Waals surface area contributed by atoms with Crippen molar-refractivity contribution in [2.45, 2.75) is 6.92 Å². The summed E-state index contributed by atoms with van der Waals surface area (Å²) < 4.78 is 2.18. The van der Waals surface area contributed by atoms with E-state index in [1.165, 1.54) is 27.9 Å². The molecule has 1 heterocycles. The van der Waals surface area contributed by atoms with Crippen LogP contribution >= 0.6 is 0 Å². The van der Waals surface area contributed by atoms with Crippen LogP contribution in [0.15, 0.2) is 72.9 Å². The first-order chi connectivity index (χ1) is 9.77. The lowest BCUT2D eigenvalue weighted by Crippen LogP contribution is -2.30. The van der Waals surface area contributed by atoms with E-state index in [-0.39, 0.29) is 0 Å². The van der Waals surface area contributed by atoms with Gasteiger partial charge in [0, 0.05) is 12.1 Å². The molecule has 20 heavy (non-hydrogen) atoms. The molecule has 1 nitrogen and oxygen atoms in total. The van der Waals surface area contributed by atoms with Crippen molar-refractivity contribution in [1.29, 1.82) is 0 Å². The van der Waals surface area contributed by atoms with Gasteiger partial charge in [0.1, 0.15) is 7.05 Å². The molecule has 0 N–H and O–H groups in total. The highest BCUT2D eigenvalue weighted by Gasteiger charge is 2.16. The fraction of sp³-hybridized carbons (Fsp3) is 0.105. The molecule has 0 atom stereocenters. The molecule has 2 aromatic carbocycles. The maximum atomic E-state index is 2.20. The maximum absolute atomic E-state index is 2.20. The summed E-state index contributed by atoms with van der Waals surface area (Å²) in [5.74, 6) is 0. The highest BCUT2D eigenvalue weighted by molar-refractivity contribution is 5.83. The molecule has 0 radical (unpaired) electrons. The number of rotatable bonds is 2. The lowest BCUT2D eigenvalue weighted by atomic mass is 9.93. The highest BCUT2D eigenvalue weighted by atomic mass is 14.9. The van der Waals surface area contributed by atoms with Crippen molar-refractivity contribution >= 4 is 0 Å². The second-order valence-electron chi connectivity index (χ2n) is 5.06. The molecule has 0 aliphatic carbocycles. The van der Waals surface area contributed by atoms with Gasteiger partial charge < -0.3 is 0 Å². The second kappa shape index (κ2) is 5.30. The van der Waals surface area contributed by atoms with Crippen LogP contribution in [-0.4, -0.2) is 0 Å². The summed E-state index contributed by atoms with van der Waals surface area (Å²) in [7, 11) is 2.09. The lowest BCUT2D eigenvalue weighted by Gasteiger charge is -2.11. The van der Waals surface area contributed by atoms with Crippen LogP contribution in [0.2, 0.25) is 0 Å². The SMILES string of the molecule is Cc1cccc(-c2ccccc2)c1-c1cccc[n+]1C. The third kappa shape index (κ3) is 2.23. The van der Waals surface area contributed by atoms with Crippen molar-refractivity contribution in [3.63, 3.8) is 0 Å². The van der Waals surface area contributed by atoms with Crippen molar-refractivity contribution in [2.75, 3.05) is 0 Å². The van der Waals surface area contributed by atoms with E-state index in [0.717, 1.165) is 0 Å². The Bertz CT molecular complexity index is 730. The average Bonchev–Trinajstić information content (AvgIpc) is 2.49. The minimum absolute atomic E-state index is 1.24. The van der Waals surface area contributed by atoms with Gasteiger partial charge in [-0.15, -0.1) is 0 Å². The van der Waals surface area contributed by atoms with E-state index in [9.17, 15) is 0 Å². The van der Waals surface area contributed by atoms with Gasteiger partial charge in [-0.25, -0.2) is 4.57 Å². The zero-order valence-electron chi connectivity index (χ0n) is 11.9. The first-order valence-electron chi connectivity index (χ1n) is 6.87. The van der Waals surface area contributed by atoms with E-state index >= 15 is 0 Å². The molecule has 0 amide bonds. The predicted molar refractivity (Wildman–Crippen MR) is 83.2 cm³/mol. The van der Waals surface area contributed by atoms with Crippen molar-refractivity contribution < 1.29 is 4.57 Å². The van der Waals surface area contributed by atoms with Crippen molar-refractivity contribution in [2.24, 2.45) is 7.05 Å². The molecule has 1 heteroatoms. The van der Waals surface area contributed by atoms with E-state index in [2.05, 4.69) is 91.5 Å². The van der Waals surface area contributed by atoms with Crippen LogP contribution in [0.3, 0.4) is 0 Å². The summed E-state index contributed by atoms with van der Waals surface area (Å²) >= 11 is 0. The maximum Gasteiger partial charge on any atom is 0.213 e. The first-order valence-corrected chi connectivity index (χ1v) is 6.87. The summed E-state index contributed by atoms with van der Waals surface area (Å²) in [6.45, 7) is 2.18. The second-order valence-corrected chi connectivity index (χ2v) is 5.06. The molecular formula is C19H18N+. The summed E-state index contributed by atoms with van der Waals surface area (Å²) in [6, 6.07) is 23.4. The fourth-order valence-corrected chi connectivity index (χ4v) is 2.65. The van der Waals surface area contributed by atoms with Crippen molar-refractivity contribution in [1.82, 2.24) is 0 Å². The van der Waals surface area contributed by atoms with E-state index in [1.807, 2.05) is 0 Å². The third-order valence-corrected chi connectivity index (χ3v) is 3.67. The Hall–Kier alpha value is -2.41. The molecule has 98 valence electrons. The van der Waals surface area contributed by atoms with Gasteiger partial charge in [0.2, 0.25) is 5.69 Å². The molecule has 0 saturated carbocycles. The molecule has 0 unspecified atom stereocenters. The molecule has 0 fully saturated rings. The third-order valence-electron chi connectivity index (χ3n) is 3.67. The van der Waals surface area contributed by atoms with Gasteiger partial charge in [-0.1, -0.05) is 48.5 Å². The zero-order chi connectivity index (χ0) is 13.9. The Labute approximate surface area is 120 Å². The number of hydrogen-bond acceptors (Lipinski definition) is 0. The van der Waals surface area contributed by atoms with Crippen LogP contribution in [0.1, 0.15) is 5.56 Å².